The van der Waals surface area contributed by atoms with Crippen molar-refractivity contribution in [2.45, 2.75) is 0 Å². The second kappa shape index (κ2) is 6.22. The summed E-state index contributed by atoms with van der Waals surface area (Å²) in [7, 11) is 3.53. The van der Waals surface area contributed by atoms with E-state index in [0.717, 1.165) is 11.5 Å². The fraction of sp³-hybridized carbons (Fsp3) is 0.222. The van der Waals surface area contributed by atoms with Crippen molar-refractivity contribution in [3.8, 4) is 0 Å². The topological polar surface area (TPSA) is 36.4 Å². The van der Waals surface area contributed by atoms with Crippen LogP contribution < -0.4 is 10.6 Å². The molecule has 0 rings (SSSR count). The van der Waals surface area contributed by atoms with Gasteiger partial charge in [-0.1, -0.05) is 19.2 Å². The summed E-state index contributed by atoms with van der Waals surface area (Å²) < 4.78 is 0. The van der Waals surface area contributed by atoms with Crippen molar-refractivity contribution in [2.75, 3.05) is 14.1 Å². The molecule has 0 fully saturated rings. The van der Waals surface area contributed by atoms with Gasteiger partial charge in [-0.2, -0.15) is 0 Å². The number of amidine groups is 1. The number of allylic oxidation sites excluding steroid dienone is 2. The van der Waals surface area contributed by atoms with Crippen LogP contribution in [-0.4, -0.2) is 19.9 Å². The Balaban J connectivity index is 4.56. The summed E-state index contributed by atoms with van der Waals surface area (Å²) in [6, 6.07) is 0. The lowest BCUT2D eigenvalue weighted by Gasteiger charge is -2.08. The quantitative estimate of drug-likeness (QED) is 0.371. The van der Waals surface area contributed by atoms with E-state index >= 15 is 0 Å². The van der Waals surface area contributed by atoms with Crippen LogP contribution in [0.2, 0.25) is 0 Å². The fourth-order valence-electron chi connectivity index (χ4n) is 0.758. The van der Waals surface area contributed by atoms with Gasteiger partial charge in [0.05, 0.1) is 5.70 Å². The third kappa shape index (κ3) is 3.05. The van der Waals surface area contributed by atoms with Gasteiger partial charge in [0.1, 0.15) is 5.84 Å². The van der Waals surface area contributed by atoms with Gasteiger partial charge < -0.3 is 10.6 Å². The standard InChI is InChI=1S/C9H15N3/c1-5-7-8(10-3)9(11-4)12-6-2/h5-7,10H,1-2H2,3-4H3,(H,11,12)/b8-7+. The molecular weight excluding hydrogens is 150 g/mol. The lowest BCUT2D eigenvalue weighted by molar-refractivity contribution is 1.02. The van der Waals surface area contributed by atoms with Crippen LogP contribution in [0.3, 0.4) is 0 Å². The molecule has 0 aromatic heterocycles. The molecule has 0 amide bonds. The fourth-order valence-corrected chi connectivity index (χ4v) is 0.758. The molecular formula is C9H15N3. The molecule has 66 valence electrons. The molecule has 0 aromatic rings. The maximum Gasteiger partial charge on any atom is 0.148 e. The first-order valence-electron chi connectivity index (χ1n) is 3.65. The van der Waals surface area contributed by atoms with Crippen LogP contribution >= 0.6 is 0 Å². The van der Waals surface area contributed by atoms with Gasteiger partial charge in [0.15, 0.2) is 0 Å². The monoisotopic (exact) mass is 165 g/mol. The summed E-state index contributed by atoms with van der Waals surface area (Å²) in [6.45, 7) is 7.15. The summed E-state index contributed by atoms with van der Waals surface area (Å²) in [4.78, 5) is 4.02. The SMILES string of the molecule is C=C/C=C(/NC)C(=NC)NC=C. The molecule has 0 aliphatic rings. The number of nitrogens with one attached hydrogen (secondary N) is 2. The molecule has 0 atom stereocenters. The van der Waals surface area contributed by atoms with Crippen LogP contribution in [0.25, 0.3) is 0 Å². The Hall–Kier alpha value is -1.51. The highest BCUT2D eigenvalue weighted by Gasteiger charge is 1.99. The minimum absolute atomic E-state index is 0.743. The zero-order valence-corrected chi connectivity index (χ0v) is 7.59. The third-order valence-electron chi connectivity index (χ3n) is 1.27. The molecule has 0 saturated heterocycles. The highest BCUT2D eigenvalue weighted by Crippen LogP contribution is 1.90. The van der Waals surface area contributed by atoms with Gasteiger partial charge in [0.2, 0.25) is 0 Å². The van der Waals surface area contributed by atoms with E-state index in [2.05, 4.69) is 28.8 Å². The van der Waals surface area contributed by atoms with E-state index in [1.807, 2.05) is 13.1 Å². The molecule has 2 N–H and O–H groups in total. The van der Waals surface area contributed by atoms with E-state index < -0.39 is 0 Å². The highest BCUT2D eigenvalue weighted by atomic mass is 15.0. The second-order valence-corrected chi connectivity index (χ2v) is 1.99. The Labute approximate surface area is 73.6 Å². The van der Waals surface area contributed by atoms with Crippen molar-refractivity contribution >= 4 is 5.84 Å². The molecule has 0 aliphatic carbocycles. The number of likely N-dealkylation sites (N-methyl/N-ethyl adjacent to an activating group) is 1. The molecule has 0 unspecified atom stereocenters. The molecule has 3 nitrogen and oxygen atoms in total. The van der Waals surface area contributed by atoms with Gasteiger partial charge in [0, 0.05) is 14.1 Å². The Morgan fingerprint density at radius 3 is 2.42 bits per heavy atom. The van der Waals surface area contributed by atoms with E-state index in [1.54, 1.807) is 19.3 Å². The van der Waals surface area contributed by atoms with E-state index in [9.17, 15) is 0 Å². The van der Waals surface area contributed by atoms with E-state index in [0.29, 0.717) is 0 Å². The second-order valence-electron chi connectivity index (χ2n) is 1.99. The van der Waals surface area contributed by atoms with Gasteiger partial charge in [-0.15, -0.1) is 0 Å². The van der Waals surface area contributed by atoms with Crippen LogP contribution in [0.15, 0.2) is 42.2 Å². The zero-order chi connectivity index (χ0) is 9.40. The minimum Gasteiger partial charge on any atom is -0.385 e. The molecule has 12 heavy (non-hydrogen) atoms. The molecule has 0 radical (unpaired) electrons. The Kier molecular flexibility index (Phi) is 5.43. The number of aliphatic imine (C=N–C) groups is 1. The highest BCUT2D eigenvalue weighted by molar-refractivity contribution is 5.98. The van der Waals surface area contributed by atoms with Crippen LogP contribution in [0.4, 0.5) is 0 Å². The van der Waals surface area contributed by atoms with E-state index in [-0.39, 0.29) is 0 Å². The number of nitrogens with zero attached hydrogens (tertiary/aromatic N) is 1. The van der Waals surface area contributed by atoms with E-state index in [4.69, 9.17) is 0 Å². The average molecular weight is 165 g/mol. The molecule has 0 spiro atoms. The molecule has 0 bridgehead atoms. The molecule has 3 heteroatoms. The van der Waals surface area contributed by atoms with Gasteiger partial charge >= 0.3 is 0 Å². The van der Waals surface area contributed by atoms with Crippen LogP contribution in [0, 0.1) is 0 Å². The maximum atomic E-state index is 4.02. The normalized spacial score (nSPS) is 12.2. The van der Waals surface area contributed by atoms with Crippen molar-refractivity contribution in [3.05, 3.63) is 37.2 Å². The third-order valence-corrected chi connectivity index (χ3v) is 1.27. The largest absolute Gasteiger partial charge is 0.385 e. The molecule has 0 saturated carbocycles. The summed E-state index contributed by atoms with van der Waals surface area (Å²) in [5.74, 6) is 0.743. The van der Waals surface area contributed by atoms with Crippen molar-refractivity contribution in [1.29, 1.82) is 0 Å². The predicted molar refractivity (Wildman–Crippen MR) is 54.0 cm³/mol. The van der Waals surface area contributed by atoms with Gasteiger partial charge in [0.25, 0.3) is 0 Å². The Morgan fingerprint density at radius 2 is 2.08 bits per heavy atom. The number of rotatable bonds is 4. The van der Waals surface area contributed by atoms with Gasteiger partial charge in [-0.3, -0.25) is 4.99 Å². The van der Waals surface area contributed by atoms with Crippen molar-refractivity contribution in [3.63, 3.8) is 0 Å². The Bertz CT molecular complexity index is 214. The summed E-state index contributed by atoms with van der Waals surface area (Å²) in [6.07, 6.45) is 5.11. The van der Waals surface area contributed by atoms with Gasteiger partial charge in [-0.25, -0.2) is 0 Å². The van der Waals surface area contributed by atoms with Crippen LogP contribution in [-0.2, 0) is 0 Å². The first-order valence-corrected chi connectivity index (χ1v) is 3.65. The van der Waals surface area contributed by atoms with Gasteiger partial charge in [-0.05, 0) is 12.3 Å². The minimum atomic E-state index is 0.743. The number of hydrogen-bond acceptors (Lipinski definition) is 2. The summed E-state index contributed by atoms with van der Waals surface area (Å²) in [5.41, 5.74) is 0.882. The maximum absolute atomic E-state index is 4.02. The molecule has 0 heterocycles. The lowest BCUT2D eigenvalue weighted by atomic mass is 10.3. The first kappa shape index (κ1) is 10.5. The van der Waals surface area contributed by atoms with Crippen LogP contribution in [0.1, 0.15) is 0 Å². The van der Waals surface area contributed by atoms with Crippen molar-refractivity contribution in [2.24, 2.45) is 4.99 Å². The van der Waals surface area contributed by atoms with Crippen LogP contribution in [0.5, 0.6) is 0 Å². The Morgan fingerprint density at radius 1 is 1.42 bits per heavy atom. The average Bonchev–Trinajstić information content (AvgIpc) is 2.11. The van der Waals surface area contributed by atoms with Crippen molar-refractivity contribution < 1.29 is 0 Å². The first-order chi connectivity index (χ1) is 5.79. The smallest absolute Gasteiger partial charge is 0.148 e. The summed E-state index contributed by atoms with van der Waals surface area (Å²) in [5, 5.41) is 5.89. The zero-order valence-electron chi connectivity index (χ0n) is 7.59. The number of hydrogen-bond donors (Lipinski definition) is 2. The molecule has 0 aliphatic heterocycles. The lowest BCUT2D eigenvalue weighted by Crippen LogP contribution is -2.26. The summed E-state index contributed by atoms with van der Waals surface area (Å²) >= 11 is 0. The molecule has 0 aromatic carbocycles. The van der Waals surface area contributed by atoms with E-state index in [1.165, 1.54) is 0 Å². The predicted octanol–water partition coefficient (Wildman–Crippen LogP) is 1.04. The van der Waals surface area contributed by atoms with Crippen molar-refractivity contribution in [1.82, 2.24) is 10.6 Å².